The van der Waals surface area contributed by atoms with Crippen LogP contribution < -0.4 is 5.73 Å². The molecule has 0 atom stereocenters. The average molecular weight is 145 g/mol. The van der Waals surface area contributed by atoms with Gasteiger partial charge >= 0.3 is 0 Å². The zero-order chi connectivity index (χ0) is 6.74. The highest BCUT2D eigenvalue weighted by atomic mass is 32.2. The Hall–Kier alpha value is 0.310. The summed E-state index contributed by atoms with van der Waals surface area (Å²) in [4.78, 5) is 0. The van der Waals surface area contributed by atoms with E-state index in [9.17, 15) is 0 Å². The van der Waals surface area contributed by atoms with Crippen LogP contribution in [0.1, 0.15) is 25.7 Å². The molecule has 0 unspecified atom stereocenters. The predicted molar refractivity (Wildman–Crippen MR) is 43.8 cm³/mol. The van der Waals surface area contributed by atoms with Crippen molar-refractivity contribution in [1.82, 2.24) is 0 Å². The van der Waals surface area contributed by atoms with Crippen molar-refractivity contribution in [3.8, 4) is 0 Å². The minimum atomic E-state index is 0.472. The van der Waals surface area contributed by atoms with E-state index in [4.69, 9.17) is 5.73 Å². The number of hydrogen-bond donors (Lipinski definition) is 1. The van der Waals surface area contributed by atoms with E-state index < -0.39 is 0 Å². The van der Waals surface area contributed by atoms with Crippen molar-refractivity contribution in [2.24, 2.45) is 5.73 Å². The summed E-state index contributed by atoms with van der Waals surface area (Å²) in [6, 6.07) is 0. The fourth-order valence-corrected chi connectivity index (χ4v) is 2.37. The van der Waals surface area contributed by atoms with E-state index in [0.29, 0.717) is 4.75 Å². The largest absolute Gasteiger partial charge is 0.329 e. The van der Waals surface area contributed by atoms with Gasteiger partial charge in [0.2, 0.25) is 0 Å². The minimum absolute atomic E-state index is 0.472. The summed E-state index contributed by atoms with van der Waals surface area (Å²) in [5, 5.41) is 0. The SMILES string of the molecule is CSC1(CN)CCCC1. The number of rotatable bonds is 2. The summed E-state index contributed by atoms with van der Waals surface area (Å²) in [5.74, 6) is 0. The van der Waals surface area contributed by atoms with Crippen LogP contribution in [0.5, 0.6) is 0 Å². The first-order chi connectivity index (χ1) is 4.33. The van der Waals surface area contributed by atoms with Crippen LogP contribution >= 0.6 is 11.8 Å². The van der Waals surface area contributed by atoms with E-state index >= 15 is 0 Å². The maximum Gasteiger partial charge on any atom is 0.0279 e. The van der Waals surface area contributed by atoms with Crippen LogP contribution in [0, 0.1) is 0 Å². The first-order valence-corrected chi connectivity index (χ1v) is 4.81. The lowest BCUT2D eigenvalue weighted by Gasteiger charge is -2.23. The molecule has 0 aliphatic heterocycles. The molecule has 1 saturated carbocycles. The molecule has 0 heterocycles. The summed E-state index contributed by atoms with van der Waals surface area (Å²) >= 11 is 1.95. The molecule has 0 amide bonds. The van der Waals surface area contributed by atoms with Gasteiger partial charge in [0, 0.05) is 11.3 Å². The second-order valence-electron chi connectivity index (χ2n) is 2.80. The van der Waals surface area contributed by atoms with E-state index in [2.05, 4.69) is 6.26 Å². The summed E-state index contributed by atoms with van der Waals surface area (Å²) in [5.41, 5.74) is 5.66. The second kappa shape index (κ2) is 2.93. The Morgan fingerprint density at radius 3 is 2.22 bits per heavy atom. The Balaban J connectivity index is 2.45. The molecule has 0 spiro atoms. The van der Waals surface area contributed by atoms with Crippen molar-refractivity contribution >= 4 is 11.8 Å². The van der Waals surface area contributed by atoms with Crippen LogP contribution in [0.25, 0.3) is 0 Å². The third-order valence-corrected chi connectivity index (χ3v) is 3.76. The normalized spacial score (nSPS) is 24.7. The zero-order valence-corrected chi connectivity index (χ0v) is 6.84. The Kier molecular flexibility index (Phi) is 2.42. The molecule has 0 aromatic heterocycles. The molecule has 9 heavy (non-hydrogen) atoms. The van der Waals surface area contributed by atoms with Gasteiger partial charge in [-0.2, -0.15) is 11.8 Å². The lowest BCUT2D eigenvalue weighted by molar-refractivity contribution is 0.621. The van der Waals surface area contributed by atoms with Crippen LogP contribution in [-0.4, -0.2) is 17.5 Å². The van der Waals surface area contributed by atoms with Gasteiger partial charge < -0.3 is 5.73 Å². The smallest absolute Gasteiger partial charge is 0.0279 e. The first kappa shape index (κ1) is 7.42. The molecule has 1 fully saturated rings. The Morgan fingerprint density at radius 2 is 2.00 bits per heavy atom. The van der Waals surface area contributed by atoms with Gasteiger partial charge in [0.25, 0.3) is 0 Å². The molecule has 0 radical (unpaired) electrons. The molecule has 1 rings (SSSR count). The van der Waals surface area contributed by atoms with Crippen molar-refractivity contribution in [1.29, 1.82) is 0 Å². The molecule has 0 saturated heterocycles. The van der Waals surface area contributed by atoms with Crippen molar-refractivity contribution in [2.45, 2.75) is 30.4 Å². The van der Waals surface area contributed by atoms with Gasteiger partial charge in [0.05, 0.1) is 0 Å². The van der Waals surface area contributed by atoms with Gasteiger partial charge in [-0.3, -0.25) is 0 Å². The van der Waals surface area contributed by atoms with Crippen LogP contribution in [0.2, 0.25) is 0 Å². The predicted octanol–water partition coefficient (Wildman–Crippen LogP) is 1.62. The van der Waals surface area contributed by atoms with Gasteiger partial charge in [-0.05, 0) is 19.1 Å². The summed E-state index contributed by atoms with van der Waals surface area (Å²) in [6.07, 6.45) is 7.63. The molecular formula is C7H15NS. The molecule has 0 bridgehead atoms. The standard InChI is InChI=1S/C7H15NS/c1-9-7(6-8)4-2-3-5-7/h2-6,8H2,1H3. The molecule has 1 nitrogen and oxygen atoms in total. The topological polar surface area (TPSA) is 26.0 Å². The third kappa shape index (κ3) is 1.41. The fourth-order valence-electron chi connectivity index (χ4n) is 1.51. The van der Waals surface area contributed by atoms with E-state index in [0.717, 1.165) is 6.54 Å². The van der Waals surface area contributed by atoms with Gasteiger partial charge in [-0.1, -0.05) is 12.8 Å². The van der Waals surface area contributed by atoms with E-state index in [1.54, 1.807) is 0 Å². The van der Waals surface area contributed by atoms with Gasteiger partial charge in [-0.25, -0.2) is 0 Å². The highest BCUT2D eigenvalue weighted by Gasteiger charge is 2.30. The van der Waals surface area contributed by atoms with Crippen LogP contribution in [0.3, 0.4) is 0 Å². The highest BCUT2D eigenvalue weighted by molar-refractivity contribution is 8.00. The van der Waals surface area contributed by atoms with E-state index in [-0.39, 0.29) is 0 Å². The molecule has 0 aromatic carbocycles. The highest BCUT2D eigenvalue weighted by Crippen LogP contribution is 2.38. The zero-order valence-electron chi connectivity index (χ0n) is 6.02. The third-order valence-electron chi connectivity index (χ3n) is 2.32. The quantitative estimate of drug-likeness (QED) is 0.639. The van der Waals surface area contributed by atoms with Crippen LogP contribution in [0.4, 0.5) is 0 Å². The van der Waals surface area contributed by atoms with Gasteiger partial charge in [-0.15, -0.1) is 0 Å². The van der Waals surface area contributed by atoms with E-state index in [1.165, 1.54) is 25.7 Å². The van der Waals surface area contributed by atoms with Gasteiger partial charge in [0.1, 0.15) is 0 Å². The molecule has 1 aliphatic carbocycles. The minimum Gasteiger partial charge on any atom is -0.329 e. The average Bonchev–Trinajstić information content (AvgIpc) is 2.36. The maximum atomic E-state index is 5.66. The molecule has 2 N–H and O–H groups in total. The van der Waals surface area contributed by atoms with Crippen LogP contribution in [-0.2, 0) is 0 Å². The summed E-state index contributed by atoms with van der Waals surface area (Å²) in [6.45, 7) is 0.869. The van der Waals surface area contributed by atoms with Crippen molar-refractivity contribution in [2.75, 3.05) is 12.8 Å². The lowest BCUT2D eigenvalue weighted by Crippen LogP contribution is -2.30. The molecule has 0 aromatic rings. The molecule has 54 valence electrons. The Bertz CT molecular complexity index is 80.9. The fraction of sp³-hybridized carbons (Fsp3) is 1.00. The Morgan fingerprint density at radius 1 is 1.44 bits per heavy atom. The van der Waals surface area contributed by atoms with Crippen molar-refractivity contribution < 1.29 is 0 Å². The molecular weight excluding hydrogens is 130 g/mol. The number of hydrogen-bond acceptors (Lipinski definition) is 2. The molecule has 1 aliphatic rings. The first-order valence-electron chi connectivity index (χ1n) is 3.58. The van der Waals surface area contributed by atoms with E-state index in [1.807, 2.05) is 11.8 Å². The maximum absolute atomic E-state index is 5.66. The second-order valence-corrected chi connectivity index (χ2v) is 4.07. The lowest BCUT2D eigenvalue weighted by atomic mass is 10.1. The van der Waals surface area contributed by atoms with Crippen LogP contribution in [0.15, 0.2) is 0 Å². The van der Waals surface area contributed by atoms with Crippen molar-refractivity contribution in [3.05, 3.63) is 0 Å². The monoisotopic (exact) mass is 145 g/mol. The number of nitrogens with two attached hydrogens (primary N) is 1. The Labute approximate surface area is 61.4 Å². The van der Waals surface area contributed by atoms with Gasteiger partial charge in [0.15, 0.2) is 0 Å². The summed E-state index contributed by atoms with van der Waals surface area (Å²) < 4.78 is 0.472. The molecule has 2 heteroatoms. The number of thioether (sulfide) groups is 1. The van der Waals surface area contributed by atoms with Crippen molar-refractivity contribution in [3.63, 3.8) is 0 Å². The summed E-state index contributed by atoms with van der Waals surface area (Å²) in [7, 11) is 0.